The molecule has 0 saturated carbocycles. The maximum Gasteiger partial charge on any atom is 0.239 e. The molecule has 1 unspecified atom stereocenters. The molecule has 1 atom stereocenters. The van der Waals surface area contributed by atoms with E-state index >= 15 is 0 Å². The summed E-state index contributed by atoms with van der Waals surface area (Å²) in [6.07, 6.45) is 4.07. The van der Waals surface area contributed by atoms with Crippen molar-refractivity contribution in [1.29, 1.82) is 0 Å². The maximum atomic E-state index is 5.86. The van der Waals surface area contributed by atoms with E-state index in [0.717, 1.165) is 12.4 Å². The predicted molar refractivity (Wildman–Crippen MR) is 83.0 cm³/mol. The Balaban J connectivity index is 1.92. The van der Waals surface area contributed by atoms with Crippen molar-refractivity contribution in [3.8, 4) is 5.88 Å². The molecule has 4 nitrogen and oxygen atoms in total. The Morgan fingerprint density at radius 3 is 3.00 bits per heavy atom. The Kier molecular flexibility index (Phi) is 5.19. The number of nitrogens with zero attached hydrogens (tertiary/aromatic N) is 1. The van der Waals surface area contributed by atoms with Crippen LogP contribution in [0, 0.1) is 0 Å². The number of hydrogen-bond donors (Lipinski definition) is 2. The minimum atomic E-state index is 0.0824. The lowest BCUT2D eigenvalue weighted by molar-refractivity contribution is 0.234. The second-order valence-corrected chi connectivity index (χ2v) is 6.54. The van der Waals surface area contributed by atoms with Gasteiger partial charge in [-0.15, -0.1) is 0 Å². The summed E-state index contributed by atoms with van der Waals surface area (Å²) in [4.78, 5) is 4.43. The normalized spacial score (nSPS) is 19.4. The Morgan fingerprint density at radius 2 is 2.32 bits per heavy atom. The Hall–Kier alpha value is -1.10. The van der Waals surface area contributed by atoms with Crippen molar-refractivity contribution in [3.63, 3.8) is 0 Å². The Bertz CT molecular complexity index is 406. The summed E-state index contributed by atoms with van der Waals surface area (Å²) in [5.74, 6) is 2.65. The number of nitrogen functional groups attached to an aromatic ring is 1. The lowest BCUT2D eigenvalue weighted by Crippen LogP contribution is -2.20. The maximum absolute atomic E-state index is 5.86. The van der Waals surface area contributed by atoms with E-state index in [-0.39, 0.29) is 6.10 Å². The molecule has 0 aliphatic carbocycles. The molecule has 5 heteroatoms. The number of rotatable bonds is 5. The summed E-state index contributed by atoms with van der Waals surface area (Å²) in [7, 11) is 0. The second-order valence-electron chi connectivity index (χ2n) is 5.13. The van der Waals surface area contributed by atoms with Crippen LogP contribution < -0.4 is 15.8 Å². The van der Waals surface area contributed by atoms with Crippen LogP contribution in [0.5, 0.6) is 5.88 Å². The molecular weight excluding hydrogens is 258 g/mol. The number of pyridine rings is 1. The number of hydrogen-bond acceptors (Lipinski definition) is 5. The Labute approximate surface area is 119 Å². The number of aromatic nitrogens is 1. The summed E-state index contributed by atoms with van der Waals surface area (Å²) in [5, 5.41) is 4.08. The molecule has 106 valence electrons. The summed E-state index contributed by atoms with van der Waals surface area (Å²) in [6.45, 7) is 4.91. The minimum Gasteiger partial charge on any atom is -0.473 e. The molecule has 1 aromatic rings. The average Bonchev–Trinajstić information content (AvgIpc) is 2.40. The fourth-order valence-electron chi connectivity index (χ4n) is 2.05. The first-order valence-electron chi connectivity index (χ1n) is 6.94. The van der Waals surface area contributed by atoms with Crippen LogP contribution in [0.1, 0.15) is 33.1 Å². The SMILES string of the molecule is CC(C)Oc1nc(NCC2CCCCS2)ccc1N. The van der Waals surface area contributed by atoms with Crippen molar-refractivity contribution in [1.82, 2.24) is 4.98 Å². The molecule has 1 fully saturated rings. The predicted octanol–water partition coefficient (Wildman–Crippen LogP) is 3.15. The van der Waals surface area contributed by atoms with E-state index in [9.17, 15) is 0 Å². The van der Waals surface area contributed by atoms with Gasteiger partial charge in [-0.25, -0.2) is 0 Å². The molecule has 1 aliphatic rings. The van der Waals surface area contributed by atoms with Gasteiger partial charge in [0.25, 0.3) is 0 Å². The quantitative estimate of drug-likeness (QED) is 0.868. The summed E-state index contributed by atoms with van der Waals surface area (Å²) < 4.78 is 5.60. The van der Waals surface area contributed by atoms with E-state index in [4.69, 9.17) is 10.5 Å². The van der Waals surface area contributed by atoms with E-state index in [0.29, 0.717) is 16.8 Å². The highest BCUT2D eigenvalue weighted by molar-refractivity contribution is 7.99. The van der Waals surface area contributed by atoms with Crippen molar-refractivity contribution < 1.29 is 4.74 Å². The largest absolute Gasteiger partial charge is 0.473 e. The molecule has 0 spiro atoms. The van der Waals surface area contributed by atoms with Crippen LogP contribution in [-0.2, 0) is 0 Å². The molecule has 0 amide bonds. The van der Waals surface area contributed by atoms with Crippen LogP contribution in [0.2, 0.25) is 0 Å². The van der Waals surface area contributed by atoms with Crippen molar-refractivity contribution >= 4 is 23.3 Å². The zero-order valence-electron chi connectivity index (χ0n) is 11.7. The number of anilines is 2. The van der Waals surface area contributed by atoms with Gasteiger partial charge < -0.3 is 15.8 Å². The van der Waals surface area contributed by atoms with Gasteiger partial charge in [-0.3, -0.25) is 0 Å². The van der Waals surface area contributed by atoms with Gasteiger partial charge >= 0.3 is 0 Å². The number of nitrogens with two attached hydrogens (primary N) is 1. The van der Waals surface area contributed by atoms with Gasteiger partial charge in [0.2, 0.25) is 5.88 Å². The summed E-state index contributed by atoms with van der Waals surface area (Å²) in [5.41, 5.74) is 6.45. The van der Waals surface area contributed by atoms with Crippen LogP contribution in [0.3, 0.4) is 0 Å². The fourth-order valence-corrected chi connectivity index (χ4v) is 3.29. The van der Waals surface area contributed by atoms with Crippen LogP contribution >= 0.6 is 11.8 Å². The number of nitrogens with one attached hydrogen (secondary N) is 1. The molecule has 1 saturated heterocycles. The molecule has 0 radical (unpaired) electrons. The first-order valence-corrected chi connectivity index (χ1v) is 7.98. The van der Waals surface area contributed by atoms with Gasteiger partial charge in [-0.1, -0.05) is 6.42 Å². The third-order valence-corrected chi connectivity index (χ3v) is 4.42. The molecule has 0 bridgehead atoms. The zero-order chi connectivity index (χ0) is 13.7. The Morgan fingerprint density at radius 1 is 1.47 bits per heavy atom. The van der Waals surface area contributed by atoms with E-state index in [1.165, 1.54) is 25.0 Å². The van der Waals surface area contributed by atoms with E-state index in [2.05, 4.69) is 22.1 Å². The van der Waals surface area contributed by atoms with E-state index < -0.39 is 0 Å². The van der Waals surface area contributed by atoms with Gasteiger partial charge in [0.05, 0.1) is 11.8 Å². The van der Waals surface area contributed by atoms with Gasteiger partial charge in [0.1, 0.15) is 5.82 Å². The molecule has 1 aliphatic heterocycles. The first kappa shape index (κ1) is 14.3. The molecule has 2 heterocycles. The van der Waals surface area contributed by atoms with Crippen molar-refractivity contribution in [2.24, 2.45) is 0 Å². The lowest BCUT2D eigenvalue weighted by Gasteiger charge is -2.22. The van der Waals surface area contributed by atoms with Crippen molar-refractivity contribution in [2.75, 3.05) is 23.3 Å². The van der Waals surface area contributed by atoms with Crippen LogP contribution in [0.15, 0.2) is 12.1 Å². The summed E-state index contributed by atoms with van der Waals surface area (Å²) in [6, 6.07) is 3.76. The lowest BCUT2D eigenvalue weighted by atomic mass is 10.2. The topological polar surface area (TPSA) is 60.2 Å². The standard InChI is InChI=1S/C14H23N3OS/c1-10(2)18-14-12(15)6-7-13(17-14)16-9-11-5-3-4-8-19-11/h6-7,10-11H,3-5,8-9,15H2,1-2H3,(H,16,17). The molecule has 2 rings (SSSR count). The second kappa shape index (κ2) is 6.89. The fraction of sp³-hybridized carbons (Fsp3) is 0.643. The van der Waals surface area contributed by atoms with Crippen LogP contribution in [0.25, 0.3) is 0 Å². The van der Waals surface area contributed by atoms with Crippen molar-refractivity contribution in [3.05, 3.63) is 12.1 Å². The zero-order valence-corrected chi connectivity index (χ0v) is 12.5. The minimum absolute atomic E-state index is 0.0824. The highest BCUT2D eigenvalue weighted by atomic mass is 32.2. The van der Waals surface area contributed by atoms with Gasteiger partial charge in [-0.05, 0) is 44.6 Å². The van der Waals surface area contributed by atoms with Crippen LogP contribution in [0.4, 0.5) is 11.5 Å². The van der Waals surface area contributed by atoms with E-state index in [1.807, 2.05) is 26.0 Å². The smallest absolute Gasteiger partial charge is 0.239 e. The first-order chi connectivity index (χ1) is 9.15. The average molecular weight is 281 g/mol. The van der Waals surface area contributed by atoms with Crippen molar-refractivity contribution in [2.45, 2.75) is 44.5 Å². The number of ether oxygens (including phenoxy) is 1. The number of thioether (sulfide) groups is 1. The molecule has 0 aromatic carbocycles. The third kappa shape index (κ3) is 4.49. The molecule has 19 heavy (non-hydrogen) atoms. The molecular formula is C14H23N3OS. The van der Waals surface area contributed by atoms with Gasteiger partial charge in [-0.2, -0.15) is 16.7 Å². The highest BCUT2D eigenvalue weighted by Crippen LogP contribution is 2.26. The molecule has 3 N–H and O–H groups in total. The van der Waals surface area contributed by atoms with E-state index in [1.54, 1.807) is 0 Å². The molecule has 1 aromatic heterocycles. The summed E-state index contributed by atoms with van der Waals surface area (Å²) >= 11 is 2.05. The highest BCUT2D eigenvalue weighted by Gasteiger charge is 2.14. The van der Waals surface area contributed by atoms with Gasteiger partial charge in [0.15, 0.2) is 0 Å². The van der Waals surface area contributed by atoms with Gasteiger partial charge in [0, 0.05) is 11.8 Å². The van der Waals surface area contributed by atoms with Crippen LogP contribution in [-0.4, -0.2) is 28.6 Å². The monoisotopic (exact) mass is 281 g/mol. The third-order valence-electron chi connectivity index (χ3n) is 3.02.